The lowest BCUT2D eigenvalue weighted by Crippen LogP contribution is -2.15. The van der Waals surface area contributed by atoms with Gasteiger partial charge in [0.25, 0.3) is 0 Å². The maximum Gasteiger partial charge on any atom is 0.337 e. The van der Waals surface area contributed by atoms with Crippen LogP contribution in [-0.4, -0.2) is 38.3 Å². The molecule has 6 nitrogen and oxygen atoms in total. The maximum atomic E-state index is 11.2. The van der Waals surface area contributed by atoms with E-state index in [2.05, 4.69) is 10.3 Å². The lowest BCUT2D eigenvalue weighted by atomic mass is 10.2. The minimum absolute atomic E-state index is 0.0131. The largest absolute Gasteiger partial charge is 0.478 e. The molecule has 4 N–H and O–H groups in total. The third-order valence-corrected chi connectivity index (χ3v) is 3.47. The van der Waals surface area contributed by atoms with Crippen molar-refractivity contribution in [3.8, 4) is 0 Å². The summed E-state index contributed by atoms with van der Waals surface area (Å²) in [6, 6.07) is 1.34. The molecule has 1 aromatic heterocycles. The van der Waals surface area contributed by atoms with Crippen LogP contribution in [-0.2, 0) is 10.8 Å². The van der Waals surface area contributed by atoms with E-state index in [1.165, 1.54) is 12.3 Å². The van der Waals surface area contributed by atoms with Gasteiger partial charge in [0.2, 0.25) is 0 Å². The van der Waals surface area contributed by atoms with Gasteiger partial charge in [-0.15, -0.1) is 0 Å². The normalized spacial score (nSPS) is 12.1. The quantitative estimate of drug-likeness (QED) is 0.687. The Balaban J connectivity index is 2.69. The summed E-state index contributed by atoms with van der Waals surface area (Å²) in [4.78, 5) is 14.8. The molecule has 94 valence electrons. The van der Waals surface area contributed by atoms with Crippen LogP contribution in [0, 0.1) is 0 Å². The predicted octanol–water partition coefficient (Wildman–Crippen LogP) is 0.543. The minimum atomic E-state index is -1.09. The number of nitrogens with two attached hydrogens (primary N) is 1. The van der Waals surface area contributed by atoms with E-state index in [9.17, 15) is 9.00 Å². The van der Waals surface area contributed by atoms with Crippen molar-refractivity contribution in [2.75, 3.05) is 29.1 Å². The van der Waals surface area contributed by atoms with Crippen molar-refractivity contribution in [3.05, 3.63) is 17.8 Å². The lowest BCUT2D eigenvalue weighted by molar-refractivity contribution is 0.0698. The van der Waals surface area contributed by atoms with Crippen LogP contribution in [0.1, 0.15) is 17.3 Å². The average molecular weight is 257 g/mol. The van der Waals surface area contributed by atoms with Crippen LogP contribution in [0.25, 0.3) is 0 Å². The van der Waals surface area contributed by atoms with Gasteiger partial charge in [0, 0.05) is 35.0 Å². The van der Waals surface area contributed by atoms with Gasteiger partial charge in [-0.05, 0) is 6.07 Å². The van der Waals surface area contributed by atoms with Gasteiger partial charge in [0.1, 0.15) is 5.82 Å². The Morgan fingerprint density at radius 1 is 1.65 bits per heavy atom. The summed E-state index contributed by atoms with van der Waals surface area (Å²) in [5.41, 5.74) is 5.76. The van der Waals surface area contributed by atoms with Gasteiger partial charge < -0.3 is 16.2 Å². The van der Waals surface area contributed by atoms with Crippen molar-refractivity contribution in [1.82, 2.24) is 4.98 Å². The molecule has 0 fully saturated rings. The van der Waals surface area contributed by atoms with Crippen LogP contribution in [0.4, 0.5) is 11.5 Å². The molecule has 1 unspecified atom stereocenters. The fraction of sp³-hybridized carbons (Fsp3) is 0.400. The monoisotopic (exact) mass is 257 g/mol. The zero-order valence-corrected chi connectivity index (χ0v) is 10.3. The van der Waals surface area contributed by atoms with Gasteiger partial charge in [-0.3, -0.25) is 4.21 Å². The molecule has 0 bridgehead atoms. The average Bonchev–Trinajstić information content (AvgIpc) is 2.30. The Bertz CT molecular complexity index is 437. The smallest absolute Gasteiger partial charge is 0.337 e. The molecule has 0 amide bonds. The van der Waals surface area contributed by atoms with E-state index in [1.54, 1.807) is 0 Å². The van der Waals surface area contributed by atoms with Gasteiger partial charge in [-0.25, -0.2) is 9.78 Å². The van der Waals surface area contributed by atoms with Crippen LogP contribution >= 0.6 is 0 Å². The molecule has 0 saturated carbocycles. The molecule has 0 aliphatic rings. The fourth-order valence-corrected chi connectivity index (χ4v) is 1.85. The van der Waals surface area contributed by atoms with Gasteiger partial charge in [-0.2, -0.15) is 0 Å². The summed E-state index contributed by atoms with van der Waals surface area (Å²) >= 11 is 0. The number of carbonyl (C=O) groups is 1. The molecule has 0 radical (unpaired) electrons. The van der Waals surface area contributed by atoms with E-state index in [0.29, 0.717) is 23.9 Å². The number of nitrogen functional groups attached to an aromatic ring is 1. The third kappa shape index (κ3) is 3.70. The molecule has 0 aromatic carbocycles. The second kappa shape index (κ2) is 6.19. The number of rotatable bonds is 6. The minimum Gasteiger partial charge on any atom is -0.478 e. The highest BCUT2D eigenvalue weighted by Crippen LogP contribution is 2.19. The molecular weight excluding hydrogens is 242 g/mol. The van der Waals surface area contributed by atoms with Crippen molar-refractivity contribution in [1.29, 1.82) is 0 Å². The van der Waals surface area contributed by atoms with Crippen molar-refractivity contribution in [2.24, 2.45) is 0 Å². The first-order valence-electron chi connectivity index (χ1n) is 5.12. The van der Waals surface area contributed by atoms with E-state index in [0.717, 1.165) is 0 Å². The molecule has 1 heterocycles. The van der Waals surface area contributed by atoms with Crippen LogP contribution in [0.15, 0.2) is 12.3 Å². The van der Waals surface area contributed by atoms with E-state index >= 15 is 0 Å². The van der Waals surface area contributed by atoms with E-state index < -0.39 is 16.8 Å². The van der Waals surface area contributed by atoms with Crippen molar-refractivity contribution >= 4 is 28.3 Å². The third-order valence-electron chi connectivity index (χ3n) is 2.16. The summed E-state index contributed by atoms with van der Waals surface area (Å²) in [7, 11) is -0.869. The fourth-order valence-electron chi connectivity index (χ4n) is 1.23. The molecule has 1 rings (SSSR count). The first-order chi connectivity index (χ1) is 8.06. The Kier molecular flexibility index (Phi) is 4.89. The highest BCUT2D eigenvalue weighted by molar-refractivity contribution is 7.84. The van der Waals surface area contributed by atoms with Gasteiger partial charge in [0.15, 0.2) is 0 Å². The first kappa shape index (κ1) is 13.4. The number of carboxylic acid groups (broad SMARTS) is 1. The maximum absolute atomic E-state index is 11.2. The topological polar surface area (TPSA) is 105 Å². The molecule has 0 spiro atoms. The standard InChI is InChI=1S/C10H15N3O3S/c1-2-17(16)6-5-13-9-8(11)7(10(14)15)3-4-12-9/h3-4H,2,5-6,11H2,1H3,(H,12,13)(H,14,15). The number of aromatic carboxylic acids is 1. The van der Waals surface area contributed by atoms with E-state index in [-0.39, 0.29) is 11.3 Å². The molecule has 0 aliphatic carbocycles. The molecular formula is C10H15N3O3S. The van der Waals surface area contributed by atoms with Crippen LogP contribution in [0.5, 0.6) is 0 Å². The molecule has 1 atom stereocenters. The number of aromatic nitrogens is 1. The van der Waals surface area contributed by atoms with Crippen LogP contribution in [0.3, 0.4) is 0 Å². The summed E-state index contributed by atoms with van der Waals surface area (Å²) in [5.74, 6) is 0.303. The second-order valence-electron chi connectivity index (χ2n) is 3.29. The molecule has 0 aliphatic heterocycles. The zero-order chi connectivity index (χ0) is 12.8. The van der Waals surface area contributed by atoms with Crippen molar-refractivity contribution in [3.63, 3.8) is 0 Å². The van der Waals surface area contributed by atoms with Crippen LogP contribution in [0.2, 0.25) is 0 Å². The number of nitrogens with zero attached hydrogens (tertiary/aromatic N) is 1. The number of hydrogen-bond donors (Lipinski definition) is 3. The summed E-state index contributed by atoms with van der Waals surface area (Å²) in [5, 5.41) is 11.7. The van der Waals surface area contributed by atoms with Gasteiger partial charge >= 0.3 is 5.97 Å². The second-order valence-corrected chi connectivity index (χ2v) is 5.15. The van der Waals surface area contributed by atoms with Crippen LogP contribution < -0.4 is 11.1 Å². The summed E-state index contributed by atoms with van der Waals surface area (Å²) < 4.78 is 11.2. The number of pyridine rings is 1. The van der Waals surface area contributed by atoms with Crippen molar-refractivity contribution < 1.29 is 14.1 Å². The number of anilines is 2. The lowest BCUT2D eigenvalue weighted by Gasteiger charge is -2.09. The zero-order valence-electron chi connectivity index (χ0n) is 9.47. The van der Waals surface area contributed by atoms with E-state index in [1.807, 2.05) is 6.92 Å². The van der Waals surface area contributed by atoms with Crippen molar-refractivity contribution in [2.45, 2.75) is 6.92 Å². The summed E-state index contributed by atoms with van der Waals surface area (Å²) in [6.45, 7) is 2.29. The molecule has 17 heavy (non-hydrogen) atoms. The predicted molar refractivity (Wildman–Crippen MR) is 67.6 cm³/mol. The Hall–Kier alpha value is -1.63. The Labute approximate surface area is 102 Å². The molecule has 1 aromatic rings. The molecule has 0 saturated heterocycles. The highest BCUT2D eigenvalue weighted by Gasteiger charge is 2.11. The number of nitrogens with one attached hydrogen (secondary N) is 1. The number of carboxylic acids is 1. The summed E-state index contributed by atoms with van der Waals surface area (Å²) in [6.07, 6.45) is 1.37. The van der Waals surface area contributed by atoms with Gasteiger partial charge in [0.05, 0.1) is 11.3 Å². The number of hydrogen-bond acceptors (Lipinski definition) is 5. The Morgan fingerprint density at radius 2 is 2.35 bits per heavy atom. The van der Waals surface area contributed by atoms with Gasteiger partial charge in [-0.1, -0.05) is 6.92 Å². The highest BCUT2D eigenvalue weighted by atomic mass is 32.2. The van der Waals surface area contributed by atoms with E-state index in [4.69, 9.17) is 10.8 Å². The first-order valence-corrected chi connectivity index (χ1v) is 6.61. The SMILES string of the molecule is CCS(=O)CCNc1nccc(C(=O)O)c1N. The molecule has 7 heteroatoms. The Morgan fingerprint density at radius 3 is 2.94 bits per heavy atom.